The number of rotatable bonds is 5. The van der Waals surface area contributed by atoms with E-state index < -0.39 is 0 Å². The highest BCUT2D eigenvalue weighted by Crippen LogP contribution is 2.42. The Bertz CT molecular complexity index is 1110. The molecule has 190 valence electrons. The Kier molecular flexibility index (Phi) is 7.80. The molecule has 4 atom stereocenters. The molecule has 1 N–H and O–H groups in total. The van der Waals surface area contributed by atoms with Crippen molar-refractivity contribution in [3.63, 3.8) is 0 Å². The molecule has 4 nitrogen and oxygen atoms in total. The summed E-state index contributed by atoms with van der Waals surface area (Å²) in [6.07, 6.45) is 11.0. The van der Waals surface area contributed by atoms with Crippen LogP contribution in [-0.2, 0) is 11.3 Å². The molecule has 1 heterocycles. The summed E-state index contributed by atoms with van der Waals surface area (Å²) in [7, 11) is 0. The maximum atomic E-state index is 13.6. The minimum atomic E-state index is -0.263. The molecule has 5 rings (SSSR count). The molecule has 0 aromatic heterocycles. The van der Waals surface area contributed by atoms with Gasteiger partial charge in [-0.05, 0) is 73.1 Å². The van der Waals surface area contributed by atoms with Crippen molar-refractivity contribution in [2.45, 2.75) is 82.2 Å². The first kappa shape index (κ1) is 25.1. The van der Waals surface area contributed by atoms with Crippen LogP contribution in [-0.4, -0.2) is 34.0 Å². The molecular formula is C30H35FN2O2S. The van der Waals surface area contributed by atoms with E-state index in [1.807, 2.05) is 35.2 Å². The number of nitrogens with zero attached hydrogens (tertiary/aromatic N) is 1. The maximum absolute atomic E-state index is 13.6. The van der Waals surface area contributed by atoms with E-state index in [1.54, 1.807) is 23.9 Å². The van der Waals surface area contributed by atoms with Gasteiger partial charge in [-0.25, -0.2) is 4.39 Å². The Morgan fingerprint density at radius 1 is 1.00 bits per heavy atom. The number of benzene rings is 2. The standard InChI is InChI=1S/C30H35FN2O2S/c1-20-6-2-3-7-25(20)32-29(34)23-14-10-21(11-15-23)18-28-30(35)33(19-22-12-16-24(31)17-13-22)26-8-4-5-9-27(26)36-28/h10-18,20,25-27H,2-9,19H2,1H3,(H,32,34)/b28-18-. The number of fused-ring (bicyclic) bond motifs is 1. The van der Waals surface area contributed by atoms with E-state index in [2.05, 4.69) is 12.2 Å². The molecule has 6 heteroatoms. The lowest BCUT2D eigenvalue weighted by molar-refractivity contribution is -0.130. The summed E-state index contributed by atoms with van der Waals surface area (Å²) in [4.78, 5) is 29.1. The molecule has 3 fully saturated rings. The van der Waals surface area contributed by atoms with Crippen LogP contribution in [0.1, 0.15) is 79.8 Å². The van der Waals surface area contributed by atoms with Crippen molar-refractivity contribution < 1.29 is 14.0 Å². The maximum Gasteiger partial charge on any atom is 0.260 e. The van der Waals surface area contributed by atoms with Crippen LogP contribution >= 0.6 is 11.8 Å². The quantitative estimate of drug-likeness (QED) is 0.467. The van der Waals surface area contributed by atoms with E-state index in [0.717, 1.165) is 41.7 Å². The molecule has 2 amide bonds. The zero-order valence-electron chi connectivity index (χ0n) is 20.9. The van der Waals surface area contributed by atoms with Crippen LogP contribution in [0.4, 0.5) is 4.39 Å². The van der Waals surface area contributed by atoms with Crippen molar-refractivity contribution in [2.75, 3.05) is 0 Å². The Labute approximate surface area is 217 Å². The molecule has 2 aromatic carbocycles. The second kappa shape index (κ2) is 11.2. The summed E-state index contributed by atoms with van der Waals surface area (Å²) in [5, 5.41) is 3.59. The fraction of sp³-hybridized carbons (Fsp3) is 0.467. The molecule has 36 heavy (non-hydrogen) atoms. The molecule has 2 aromatic rings. The molecule has 2 saturated carbocycles. The number of hydrogen-bond donors (Lipinski definition) is 1. The highest BCUT2D eigenvalue weighted by atomic mass is 32.2. The Morgan fingerprint density at radius 2 is 1.69 bits per heavy atom. The normalized spacial score (nSPS) is 27.6. The molecule has 0 spiro atoms. The van der Waals surface area contributed by atoms with Crippen molar-refractivity contribution in [2.24, 2.45) is 5.92 Å². The Balaban J connectivity index is 1.31. The van der Waals surface area contributed by atoms with Gasteiger partial charge in [-0.15, -0.1) is 11.8 Å². The van der Waals surface area contributed by atoms with Crippen molar-refractivity contribution in [3.05, 3.63) is 75.9 Å². The zero-order chi connectivity index (χ0) is 25.1. The smallest absolute Gasteiger partial charge is 0.260 e. The molecule has 1 aliphatic heterocycles. The molecule has 2 aliphatic carbocycles. The average Bonchev–Trinajstić information content (AvgIpc) is 2.89. The van der Waals surface area contributed by atoms with Crippen LogP contribution in [0.2, 0.25) is 0 Å². The first-order valence-electron chi connectivity index (χ1n) is 13.3. The van der Waals surface area contributed by atoms with Gasteiger partial charge in [0.1, 0.15) is 5.82 Å². The van der Waals surface area contributed by atoms with Crippen LogP contribution in [0.3, 0.4) is 0 Å². The number of halogens is 1. The van der Waals surface area contributed by atoms with E-state index in [-0.39, 0.29) is 29.7 Å². The third kappa shape index (κ3) is 5.69. The van der Waals surface area contributed by atoms with Gasteiger partial charge in [0.25, 0.3) is 11.8 Å². The minimum absolute atomic E-state index is 0.0217. The number of amides is 2. The predicted octanol–water partition coefficient (Wildman–Crippen LogP) is 6.56. The summed E-state index contributed by atoms with van der Waals surface area (Å²) >= 11 is 1.70. The molecule has 1 saturated heterocycles. The summed E-state index contributed by atoms with van der Waals surface area (Å²) in [5.41, 5.74) is 2.52. The summed E-state index contributed by atoms with van der Waals surface area (Å²) in [6, 6.07) is 14.5. The lowest BCUT2D eigenvalue weighted by Crippen LogP contribution is -2.50. The highest BCUT2D eigenvalue weighted by molar-refractivity contribution is 8.04. The van der Waals surface area contributed by atoms with Crippen molar-refractivity contribution in [3.8, 4) is 0 Å². The van der Waals surface area contributed by atoms with E-state index in [9.17, 15) is 14.0 Å². The molecule has 4 unspecified atom stereocenters. The predicted molar refractivity (Wildman–Crippen MR) is 144 cm³/mol. The monoisotopic (exact) mass is 506 g/mol. The van der Waals surface area contributed by atoms with Gasteiger partial charge in [-0.2, -0.15) is 0 Å². The number of nitrogens with one attached hydrogen (secondary N) is 1. The topological polar surface area (TPSA) is 49.4 Å². The third-order valence-electron chi connectivity index (χ3n) is 7.98. The number of thioether (sulfide) groups is 1. The lowest BCUT2D eigenvalue weighted by Gasteiger charge is -2.44. The summed E-state index contributed by atoms with van der Waals surface area (Å²) in [5.74, 6) is 0.274. The molecule has 3 aliphatic rings. The van der Waals surface area contributed by atoms with Crippen LogP contribution in [0, 0.1) is 11.7 Å². The number of hydrogen-bond acceptors (Lipinski definition) is 3. The van der Waals surface area contributed by atoms with Gasteiger partial charge in [-0.1, -0.05) is 56.9 Å². The summed E-state index contributed by atoms with van der Waals surface area (Å²) < 4.78 is 13.4. The van der Waals surface area contributed by atoms with Crippen molar-refractivity contribution >= 4 is 29.7 Å². The van der Waals surface area contributed by atoms with E-state index in [0.29, 0.717) is 23.3 Å². The fourth-order valence-electron chi connectivity index (χ4n) is 5.81. The SMILES string of the molecule is CC1CCCCC1NC(=O)c1ccc(/C=C2\SC3CCCCC3N(Cc3ccc(F)cc3)C2=O)cc1. The zero-order valence-corrected chi connectivity index (χ0v) is 21.7. The van der Waals surface area contributed by atoms with Crippen LogP contribution in [0.5, 0.6) is 0 Å². The summed E-state index contributed by atoms with van der Waals surface area (Å²) in [6.45, 7) is 2.71. The highest BCUT2D eigenvalue weighted by Gasteiger charge is 2.40. The average molecular weight is 507 g/mol. The van der Waals surface area contributed by atoms with Gasteiger partial charge in [0.2, 0.25) is 0 Å². The van der Waals surface area contributed by atoms with Gasteiger partial charge in [0, 0.05) is 29.4 Å². The van der Waals surface area contributed by atoms with Crippen LogP contribution < -0.4 is 5.32 Å². The fourth-order valence-corrected chi connectivity index (χ4v) is 7.29. The minimum Gasteiger partial charge on any atom is -0.349 e. The van der Waals surface area contributed by atoms with Crippen molar-refractivity contribution in [1.82, 2.24) is 10.2 Å². The molecular weight excluding hydrogens is 471 g/mol. The van der Waals surface area contributed by atoms with Crippen LogP contribution in [0.15, 0.2) is 53.4 Å². The molecule has 0 bridgehead atoms. The Morgan fingerprint density at radius 3 is 2.44 bits per heavy atom. The van der Waals surface area contributed by atoms with E-state index >= 15 is 0 Å². The largest absolute Gasteiger partial charge is 0.349 e. The number of carbonyl (C=O) groups is 2. The number of carbonyl (C=O) groups excluding carboxylic acids is 2. The van der Waals surface area contributed by atoms with Gasteiger partial charge >= 0.3 is 0 Å². The van der Waals surface area contributed by atoms with Gasteiger partial charge in [-0.3, -0.25) is 9.59 Å². The van der Waals surface area contributed by atoms with E-state index in [1.165, 1.54) is 37.8 Å². The third-order valence-corrected chi connectivity index (χ3v) is 9.38. The Hall–Kier alpha value is -2.60. The van der Waals surface area contributed by atoms with Crippen molar-refractivity contribution in [1.29, 1.82) is 0 Å². The first-order valence-corrected chi connectivity index (χ1v) is 14.2. The van der Waals surface area contributed by atoms with E-state index in [4.69, 9.17) is 0 Å². The van der Waals surface area contributed by atoms with Crippen LogP contribution in [0.25, 0.3) is 6.08 Å². The lowest BCUT2D eigenvalue weighted by atomic mass is 9.86. The van der Waals surface area contributed by atoms with Gasteiger partial charge in [0.15, 0.2) is 0 Å². The second-order valence-electron chi connectivity index (χ2n) is 10.5. The van der Waals surface area contributed by atoms with Gasteiger partial charge < -0.3 is 10.2 Å². The van der Waals surface area contributed by atoms with Gasteiger partial charge in [0.05, 0.1) is 4.91 Å². The molecule has 0 radical (unpaired) electrons. The first-order chi connectivity index (χ1) is 17.5. The second-order valence-corrected chi connectivity index (χ2v) is 11.8.